The van der Waals surface area contributed by atoms with Crippen LogP contribution in [0.5, 0.6) is 0 Å². The van der Waals surface area contributed by atoms with Crippen LogP contribution in [0.2, 0.25) is 0 Å². The molecule has 0 saturated carbocycles. The molecule has 250 valence electrons. The van der Waals surface area contributed by atoms with Gasteiger partial charge in [0.25, 0.3) is 0 Å². The van der Waals surface area contributed by atoms with Gasteiger partial charge in [-0.25, -0.2) is 0 Å². The van der Waals surface area contributed by atoms with Crippen molar-refractivity contribution >= 4 is 87.7 Å². The Labute approximate surface area is 309 Å². The Morgan fingerprint density at radius 3 is 2.21 bits per heavy atom. The standard InChI is InChI=1S/C49H32N2OS/c1-49(2)39-13-5-3-9-33(39)34-23-22-32(28-40(34)49)50(42-14-8-16-45-46(42)36-10-4-6-15-44(36)52-45)31-20-17-29(18-21-31)30-19-24-41-38(27-30)35-11-7-12-37-47(35)51(41)43-25-26-53-48(37)43/h3-28H,1-2H3. The van der Waals surface area contributed by atoms with Gasteiger partial charge in [-0.3, -0.25) is 0 Å². The third-order valence-corrected chi connectivity index (χ3v) is 12.8. The van der Waals surface area contributed by atoms with Gasteiger partial charge in [0.1, 0.15) is 11.2 Å². The van der Waals surface area contributed by atoms with Crippen LogP contribution in [0.25, 0.3) is 81.6 Å². The molecule has 0 aliphatic heterocycles. The lowest BCUT2D eigenvalue weighted by Gasteiger charge is -2.28. The van der Waals surface area contributed by atoms with Crippen LogP contribution in [0.3, 0.4) is 0 Å². The first-order valence-electron chi connectivity index (χ1n) is 18.3. The molecular formula is C49H32N2OS. The van der Waals surface area contributed by atoms with E-state index in [1.54, 1.807) is 0 Å². The van der Waals surface area contributed by atoms with Gasteiger partial charge in [-0.2, -0.15) is 0 Å². The number of hydrogen-bond acceptors (Lipinski definition) is 3. The predicted octanol–water partition coefficient (Wildman–Crippen LogP) is 14.2. The number of fused-ring (bicyclic) bond motifs is 12. The molecule has 53 heavy (non-hydrogen) atoms. The Hall–Kier alpha value is -6.36. The lowest BCUT2D eigenvalue weighted by atomic mass is 9.82. The molecule has 0 unspecified atom stereocenters. The summed E-state index contributed by atoms with van der Waals surface area (Å²) in [6, 6.07) is 55.7. The zero-order valence-corrected chi connectivity index (χ0v) is 30.0. The van der Waals surface area contributed by atoms with Crippen LogP contribution < -0.4 is 4.90 Å². The van der Waals surface area contributed by atoms with E-state index in [1.807, 2.05) is 17.4 Å². The average Bonchev–Trinajstić information content (AvgIpc) is 4.00. The minimum Gasteiger partial charge on any atom is -0.456 e. The smallest absolute Gasteiger partial charge is 0.137 e. The van der Waals surface area contributed by atoms with Gasteiger partial charge in [0.05, 0.1) is 32.3 Å². The maximum atomic E-state index is 6.41. The summed E-state index contributed by atoms with van der Waals surface area (Å²) in [5.41, 5.74) is 16.7. The molecule has 3 nitrogen and oxygen atoms in total. The summed E-state index contributed by atoms with van der Waals surface area (Å²) in [6.07, 6.45) is 0. The maximum absolute atomic E-state index is 6.41. The first-order valence-corrected chi connectivity index (χ1v) is 19.1. The molecule has 7 aromatic carbocycles. The van der Waals surface area contributed by atoms with Crippen molar-refractivity contribution in [2.24, 2.45) is 0 Å². The third-order valence-electron chi connectivity index (χ3n) is 11.8. The van der Waals surface area contributed by atoms with E-state index >= 15 is 0 Å². The Morgan fingerprint density at radius 1 is 0.547 bits per heavy atom. The topological polar surface area (TPSA) is 20.8 Å². The monoisotopic (exact) mass is 696 g/mol. The molecule has 0 amide bonds. The summed E-state index contributed by atoms with van der Waals surface area (Å²) >= 11 is 1.83. The van der Waals surface area contributed by atoms with Crippen molar-refractivity contribution in [1.82, 2.24) is 4.40 Å². The number of aromatic nitrogens is 1. The summed E-state index contributed by atoms with van der Waals surface area (Å²) in [5.74, 6) is 0. The molecule has 0 atom stereocenters. The lowest BCUT2D eigenvalue weighted by molar-refractivity contribution is 0.660. The molecule has 4 aromatic heterocycles. The van der Waals surface area contributed by atoms with E-state index in [0.717, 1.165) is 39.0 Å². The quantitative estimate of drug-likeness (QED) is 0.183. The van der Waals surface area contributed by atoms with Crippen molar-refractivity contribution in [3.05, 3.63) is 168 Å². The fourth-order valence-electron chi connectivity index (χ4n) is 9.37. The van der Waals surface area contributed by atoms with Crippen LogP contribution in [0.4, 0.5) is 17.1 Å². The van der Waals surface area contributed by atoms with Gasteiger partial charge < -0.3 is 13.7 Å². The summed E-state index contributed by atoms with van der Waals surface area (Å²) in [4.78, 5) is 2.41. The number of rotatable bonds is 4. The van der Waals surface area contributed by atoms with Crippen molar-refractivity contribution in [3.63, 3.8) is 0 Å². The molecule has 0 bridgehead atoms. The number of para-hydroxylation sites is 2. The summed E-state index contributed by atoms with van der Waals surface area (Å²) in [6.45, 7) is 4.70. The van der Waals surface area contributed by atoms with E-state index in [9.17, 15) is 0 Å². The van der Waals surface area contributed by atoms with Crippen LogP contribution >= 0.6 is 11.3 Å². The average molecular weight is 697 g/mol. The molecule has 1 aliphatic carbocycles. The van der Waals surface area contributed by atoms with Gasteiger partial charge in [-0.1, -0.05) is 105 Å². The zero-order chi connectivity index (χ0) is 35.0. The number of furan rings is 1. The fourth-order valence-corrected chi connectivity index (χ4v) is 10.3. The van der Waals surface area contributed by atoms with Crippen LogP contribution in [0.15, 0.2) is 161 Å². The molecule has 1 aliphatic rings. The van der Waals surface area contributed by atoms with Gasteiger partial charge in [0.2, 0.25) is 0 Å². The molecule has 0 radical (unpaired) electrons. The molecule has 0 fully saturated rings. The Balaban J connectivity index is 1.03. The number of anilines is 3. The van der Waals surface area contributed by atoms with Gasteiger partial charge in [-0.05, 0) is 99.4 Å². The second-order valence-corrected chi connectivity index (χ2v) is 15.9. The minimum atomic E-state index is -0.111. The molecule has 4 heteroatoms. The molecule has 4 heterocycles. The van der Waals surface area contributed by atoms with Gasteiger partial charge in [-0.15, -0.1) is 11.3 Å². The number of hydrogen-bond donors (Lipinski definition) is 0. The van der Waals surface area contributed by atoms with E-state index < -0.39 is 0 Å². The van der Waals surface area contributed by atoms with Crippen LogP contribution in [-0.2, 0) is 5.41 Å². The molecule has 11 aromatic rings. The highest BCUT2D eigenvalue weighted by molar-refractivity contribution is 7.18. The van der Waals surface area contributed by atoms with Crippen molar-refractivity contribution in [1.29, 1.82) is 0 Å². The highest BCUT2D eigenvalue weighted by atomic mass is 32.1. The summed E-state index contributed by atoms with van der Waals surface area (Å²) < 4.78 is 10.2. The molecule has 0 spiro atoms. The van der Waals surface area contributed by atoms with E-state index in [1.165, 1.54) is 70.8 Å². The van der Waals surface area contributed by atoms with Crippen molar-refractivity contribution in [3.8, 4) is 22.3 Å². The van der Waals surface area contributed by atoms with Crippen LogP contribution in [0.1, 0.15) is 25.0 Å². The largest absolute Gasteiger partial charge is 0.456 e. The Bertz CT molecular complexity index is 3270. The first kappa shape index (κ1) is 29.2. The number of thiophene rings is 1. The van der Waals surface area contributed by atoms with Gasteiger partial charge in [0, 0.05) is 38.3 Å². The van der Waals surface area contributed by atoms with E-state index in [0.29, 0.717) is 0 Å². The van der Waals surface area contributed by atoms with Crippen molar-refractivity contribution in [2.75, 3.05) is 4.90 Å². The van der Waals surface area contributed by atoms with Gasteiger partial charge >= 0.3 is 0 Å². The zero-order valence-electron chi connectivity index (χ0n) is 29.2. The Morgan fingerprint density at radius 2 is 1.28 bits per heavy atom. The first-order chi connectivity index (χ1) is 26.0. The molecule has 0 N–H and O–H groups in total. The fraction of sp³-hybridized carbons (Fsp3) is 0.0612. The van der Waals surface area contributed by atoms with Crippen molar-refractivity contribution < 1.29 is 4.42 Å². The third kappa shape index (κ3) is 3.88. The predicted molar refractivity (Wildman–Crippen MR) is 224 cm³/mol. The molecule has 12 rings (SSSR count). The normalized spacial score (nSPS) is 13.6. The summed E-state index contributed by atoms with van der Waals surface area (Å²) in [5, 5.41) is 8.39. The minimum absolute atomic E-state index is 0.111. The second-order valence-electron chi connectivity index (χ2n) is 14.9. The molecular weight excluding hydrogens is 665 g/mol. The summed E-state index contributed by atoms with van der Waals surface area (Å²) in [7, 11) is 0. The van der Waals surface area contributed by atoms with E-state index in [2.05, 4.69) is 174 Å². The van der Waals surface area contributed by atoms with Crippen molar-refractivity contribution in [2.45, 2.75) is 19.3 Å². The number of benzene rings is 7. The molecule has 0 saturated heterocycles. The van der Waals surface area contributed by atoms with Crippen LogP contribution in [-0.4, -0.2) is 4.40 Å². The number of nitrogens with zero attached hydrogens (tertiary/aromatic N) is 2. The second kappa shape index (κ2) is 10.4. The SMILES string of the molecule is CC1(C)c2ccccc2-c2ccc(N(c3ccc(-c4ccc5c(c4)c4cccc6c7sccc7n5c46)cc3)c3cccc4oc5ccccc5c34)cc21. The highest BCUT2D eigenvalue weighted by Gasteiger charge is 2.36. The van der Waals surface area contributed by atoms with E-state index in [4.69, 9.17) is 4.42 Å². The van der Waals surface area contributed by atoms with Crippen LogP contribution in [0, 0.1) is 0 Å². The maximum Gasteiger partial charge on any atom is 0.137 e. The lowest BCUT2D eigenvalue weighted by Crippen LogP contribution is -2.16. The highest BCUT2D eigenvalue weighted by Crippen LogP contribution is 2.51. The van der Waals surface area contributed by atoms with Gasteiger partial charge in [0.15, 0.2) is 0 Å². The Kier molecular flexibility index (Phi) is 5.72. The van der Waals surface area contributed by atoms with E-state index in [-0.39, 0.29) is 5.41 Å².